The molecule has 3 heterocycles. The van der Waals surface area contributed by atoms with Crippen LogP contribution in [-0.2, 0) is 4.74 Å². The molecule has 1 N–H and O–H groups in total. The Kier molecular flexibility index (Phi) is 7.90. The van der Waals surface area contributed by atoms with Gasteiger partial charge in [-0.05, 0) is 56.3 Å². The molecule has 1 fully saturated rings. The standard InChI is InChI=1S/C30H26Cl3N5O3/c1-17-3-7-22(8-4-17)39-15-25-24(40-23-9-5-18(2)6-10-23)14-26(41-25)38-16-34-27-28(33)36-30(37-29(27)38)35-21-12-19(31)11-20(32)13-21/h3-13,16,24-26H,14-15H2,1-2H3,(H,35,36,37)/t24-,25+,26+/m0/s1. The lowest BCUT2D eigenvalue weighted by atomic mass is 10.1. The molecule has 0 amide bonds. The van der Waals surface area contributed by atoms with Gasteiger partial charge in [0.15, 0.2) is 10.8 Å². The highest BCUT2D eigenvalue weighted by atomic mass is 35.5. The summed E-state index contributed by atoms with van der Waals surface area (Å²) < 4.78 is 20.9. The van der Waals surface area contributed by atoms with E-state index < -0.39 is 6.23 Å². The van der Waals surface area contributed by atoms with Gasteiger partial charge < -0.3 is 19.5 Å². The molecule has 0 radical (unpaired) electrons. The molecule has 0 aliphatic carbocycles. The summed E-state index contributed by atoms with van der Waals surface area (Å²) in [5, 5.41) is 4.29. The van der Waals surface area contributed by atoms with Gasteiger partial charge in [-0.1, -0.05) is 70.2 Å². The van der Waals surface area contributed by atoms with E-state index in [1.54, 1.807) is 24.5 Å². The van der Waals surface area contributed by atoms with Crippen LogP contribution >= 0.6 is 34.8 Å². The van der Waals surface area contributed by atoms with Crippen LogP contribution in [0, 0.1) is 13.8 Å². The lowest BCUT2D eigenvalue weighted by Gasteiger charge is -2.20. The van der Waals surface area contributed by atoms with Gasteiger partial charge in [0.25, 0.3) is 0 Å². The minimum absolute atomic E-state index is 0.203. The second kappa shape index (κ2) is 11.7. The van der Waals surface area contributed by atoms with Gasteiger partial charge >= 0.3 is 0 Å². The van der Waals surface area contributed by atoms with E-state index in [0.29, 0.717) is 39.9 Å². The molecule has 2 aromatic heterocycles. The predicted molar refractivity (Wildman–Crippen MR) is 161 cm³/mol. The van der Waals surface area contributed by atoms with E-state index in [4.69, 9.17) is 54.0 Å². The zero-order valence-electron chi connectivity index (χ0n) is 22.2. The first-order valence-electron chi connectivity index (χ1n) is 13.0. The quantitative estimate of drug-likeness (QED) is 0.178. The van der Waals surface area contributed by atoms with Crippen molar-refractivity contribution < 1.29 is 14.2 Å². The number of hydrogen-bond donors (Lipinski definition) is 1. The van der Waals surface area contributed by atoms with Crippen molar-refractivity contribution in [1.29, 1.82) is 0 Å². The van der Waals surface area contributed by atoms with Crippen molar-refractivity contribution in [1.82, 2.24) is 19.5 Å². The zero-order valence-corrected chi connectivity index (χ0v) is 24.5. The number of aryl methyl sites for hydroxylation is 2. The van der Waals surface area contributed by atoms with Crippen LogP contribution in [0.1, 0.15) is 23.8 Å². The lowest BCUT2D eigenvalue weighted by Crippen LogP contribution is -2.32. The largest absolute Gasteiger partial charge is 0.491 e. The number of nitrogens with zero attached hydrogens (tertiary/aromatic N) is 4. The van der Waals surface area contributed by atoms with E-state index in [0.717, 1.165) is 22.6 Å². The highest BCUT2D eigenvalue weighted by Gasteiger charge is 2.39. The number of anilines is 2. The van der Waals surface area contributed by atoms with Gasteiger partial charge in [0.2, 0.25) is 5.95 Å². The van der Waals surface area contributed by atoms with Crippen molar-refractivity contribution >= 4 is 57.6 Å². The summed E-state index contributed by atoms with van der Waals surface area (Å²) in [5.74, 6) is 1.80. The average molecular weight is 611 g/mol. The molecule has 0 unspecified atom stereocenters. The molecule has 6 rings (SSSR count). The van der Waals surface area contributed by atoms with Crippen molar-refractivity contribution in [3.05, 3.63) is 99.4 Å². The fourth-order valence-electron chi connectivity index (χ4n) is 4.65. The van der Waals surface area contributed by atoms with Gasteiger partial charge in [0.1, 0.15) is 42.1 Å². The first-order valence-corrected chi connectivity index (χ1v) is 14.2. The van der Waals surface area contributed by atoms with E-state index >= 15 is 0 Å². The first kappa shape index (κ1) is 27.6. The zero-order chi connectivity index (χ0) is 28.5. The molecule has 0 saturated carbocycles. The summed E-state index contributed by atoms with van der Waals surface area (Å²) in [6.45, 7) is 4.38. The van der Waals surface area contributed by atoms with Crippen LogP contribution in [0.3, 0.4) is 0 Å². The Labute approximate surface area is 252 Å². The van der Waals surface area contributed by atoms with Gasteiger partial charge in [-0.2, -0.15) is 9.97 Å². The van der Waals surface area contributed by atoms with Crippen molar-refractivity contribution in [2.45, 2.75) is 38.7 Å². The van der Waals surface area contributed by atoms with E-state index in [2.05, 4.69) is 15.3 Å². The van der Waals surface area contributed by atoms with Crippen molar-refractivity contribution in [3.8, 4) is 11.5 Å². The fraction of sp³-hybridized carbons (Fsp3) is 0.233. The van der Waals surface area contributed by atoms with Gasteiger partial charge in [0, 0.05) is 22.2 Å². The molecule has 5 aromatic rings. The molecule has 8 nitrogen and oxygen atoms in total. The molecule has 1 aliphatic heterocycles. The van der Waals surface area contributed by atoms with E-state index in [1.165, 1.54) is 0 Å². The number of imidazole rings is 1. The summed E-state index contributed by atoms with van der Waals surface area (Å²) in [6.07, 6.45) is 1.12. The van der Waals surface area contributed by atoms with Gasteiger partial charge in [-0.15, -0.1) is 0 Å². The van der Waals surface area contributed by atoms with E-state index in [9.17, 15) is 0 Å². The molecule has 0 bridgehead atoms. The second-order valence-electron chi connectivity index (χ2n) is 9.90. The number of hydrogen-bond acceptors (Lipinski definition) is 7. The third kappa shape index (κ3) is 6.36. The van der Waals surface area contributed by atoms with Gasteiger partial charge in [-0.3, -0.25) is 4.57 Å². The summed E-state index contributed by atoms with van der Waals surface area (Å²) in [6, 6.07) is 21.0. The Morgan fingerprint density at radius 2 is 1.56 bits per heavy atom. The molecular weight excluding hydrogens is 585 g/mol. The average Bonchev–Trinajstić information content (AvgIpc) is 3.53. The first-order chi connectivity index (χ1) is 19.8. The van der Waals surface area contributed by atoms with Crippen LogP contribution < -0.4 is 14.8 Å². The molecule has 1 aliphatic rings. The Balaban J connectivity index is 1.27. The molecular formula is C30H26Cl3N5O3. The number of nitrogens with one attached hydrogen (secondary N) is 1. The number of rotatable bonds is 8. The summed E-state index contributed by atoms with van der Waals surface area (Å²) in [4.78, 5) is 13.5. The Hall–Kier alpha value is -3.56. The van der Waals surface area contributed by atoms with Crippen molar-refractivity contribution in [2.24, 2.45) is 0 Å². The maximum absolute atomic E-state index is 6.51. The number of halogens is 3. The maximum atomic E-state index is 6.51. The van der Waals surface area contributed by atoms with Crippen molar-refractivity contribution in [2.75, 3.05) is 11.9 Å². The molecule has 41 heavy (non-hydrogen) atoms. The van der Waals surface area contributed by atoms with Crippen LogP contribution in [0.15, 0.2) is 73.1 Å². The van der Waals surface area contributed by atoms with Gasteiger partial charge in [-0.25, -0.2) is 4.98 Å². The number of fused-ring (bicyclic) bond motifs is 1. The third-order valence-electron chi connectivity index (χ3n) is 6.73. The molecule has 3 aromatic carbocycles. The van der Waals surface area contributed by atoms with E-state index in [1.807, 2.05) is 66.9 Å². The lowest BCUT2D eigenvalue weighted by molar-refractivity contribution is -0.0341. The fourth-order valence-corrected chi connectivity index (χ4v) is 5.39. The minimum atomic E-state index is -0.429. The number of ether oxygens (including phenoxy) is 3. The van der Waals surface area contributed by atoms with Crippen LogP contribution in [0.5, 0.6) is 11.5 Å². The Morgan fingerprint density at radius 1 is 0.902 bits per heavy atom. The predicted octanol–water partition coefficient (Wildman–Crippen LogP) is 7.96. The molecule has 3 atom stereocenters. The van der Waals surface area contributed by atoms with Crippen molar-refractivity contribution in [3.63, 3.8) is 0 Å². The summed E-state index contributed by atoms with van der Waals surface area (Å²) in [5.41, 5.74) is 3.92. The van der Waals surface area contributed by atoms with Crippen LogP contribution in [-0.4, -0.2) is 38.3 Å². The topological polar surface area (TPSA) is 83.3 Å². The maximum Gasteiger partial charge on any atom is 0.230 e. The Bertz CT molecular complexity index is 1660. The second-order valence-corrected chi connectivity index (χ2v) is 11.1. The third-order valence-corrected chi connectivity index (χ3v) is 7.43. The smallest absolute Gasteiger partial charge is 0.230 e. The normalized spacial score (nSPS) is 18.5. The molecule has 1 saturated heterocycles. The summed E-state index contributed by atoms with van der Waals surface area (Å²) >= 11 is 18.8. The SMILES string of the molecule is Cc1ccc(OC[C@H]2O[C@@H](n3cnc4c(Cl)nc(Nc5cc(Cl)cc(Cl)c5)nc43)C[C@@H]2Oc2ccc(C)cc2)cc1. The van der Waals surface area contributed by atoms with Crippen LogP contribution in [0.4, 0.5) is 11.6 Å². The van der Waals surface area contributed by atoms with E-state index in [-0.39, 0.29) is 23.3 Å². The molecule has 0 spiro atoms. The van der Waals surface area contributed by atoms with Gasteiger partial charge in [0.05, 0.1) is 6.33 Å². The summed E-state index contributed by atoms with van der Waals surface area (Å²) in [7, 11) is 0. The minimum Gasteiger partial charge on any atom is -0.491 e. The molecule has 11 heteroatoms. The Morgan fingerprint density at radius 3 is 2.24 bits per heavy atom. The number of aromatic nitrogens is 4. The highest BCUT2D eigenvalue weighted by Crippen LogP contribution is 2.35. The molecule has 210 valence electrons. The highest BCUT2D eigenvalue weighted by molar-refractivity contribution is 6.35. The number of benzene rings is 3. The van der Waals surface area contributed by atoms with Crippen LogP contribution in [0.2, 0.25) is 15.2 Å². The monoisotopic (exact) mass is 609 g/mol. The van der Waals surface area contributed by atoms with Crippen LogP contribution in [0.25, 0.3) is 11.2 Å².